The Bertz CT molecular complexity index is 1010. The highest BCUT2D eigenvalue weighted by atomic mass is 35.5. The number of halogens is 2. The maximum Gasteiger partial charge on any atom is 0.293 e. The van der Waals surface area contributed by atoms with E-state index < -0.39 is 29.0 Å². The summed E-state index contributed by atoms with van der Waals surface area (Å²) in [5.74, 6) is -1.04. The number of ether oxygens (including phenoxy) is 1. The molecule has 2 aromatic rings. The molecule has 1 N–H and O–H groups in total. The maximum absolute atomic E-state index is 13.8. The van der Waals surface area contributed by atoms with E-state index in [2.05, 4.69) is 5.32 Å². The predicted octanol–water partition coefficient (Wildman–Crippen LogP) is 4.10. The molecule has 1 aliphatic rings. The van der Waals surface area contributed by atoms with Crippen LogP contribution in [0.2, 0.25) is 5.02 Å². The molecule has 9 heteroatoms. The monoisotopic (exact) mass is 448 g/mol. The molecule has 156 valence electrons. The Morgan fingerprint density at radius 3 is 2.67 bits per heavy atom. The van der Waals surface area contributed by atoms with Gasteiger partial charge in [0.25, 0.3) is 17.1 Å². The Kier molecular flexibility index (Phi) is 7.12. The lowest BCUT2D eigenvalue weighted by Gasteiger charge is -2.17. The van der Waals surface area contributed by atoms with Gasteiger partial charge in [0.1, 0.15) is 11.6 Å². The first-order valence-electron chi connectivity index (χ1n) is 9.05. The van der Waals surface area contributed by atoms with Crippen molar-refractivity contribution in [1.82, 2.24) is 10.2 Å². The average molecular weight is 449 g/mol. The van der Waals surface area contributed by atoms with E-state index in [1.165, 1.54) is 24.3 Å². The molecule has 1 unspecified atom stereocenters. The fourth-order valence-electron chi connectivity index (χ4n) is 2.65. The van der Waals surface area contributed by atoms with E-state index >= 15 is 0 Å². The van der Waals surface area contributed by atoms with Crippen molar-refractivity contribution in [2.45, 2.75) is 13.0 Å². The van der Waals surface area contributed by atoms with Crippen LogP contribution in [0.3, 0.4) is 0 Å². The summed E-state index contributed by atoms with van der Waals surface area (Å²) in [6.45, 7) is 1.61. The number of thioether (sulfide) groups is 1. The number of carbonyl (C=O) groups is 3. The third-order valence-corrected chi connectivity index (χ3v) is 5.43. The first-order chi connectivity index (χ1) is 14.4. The zero-order valence-electron chi connectivity index (χ0n) is 15.9. The smallest absolute Gasteiger partial charge is 0.293 e. The van der Waals surface area contributed by atoms with Crippen molar-refractivity contribution < 1.29 is 23.5 Å². The van der Waals surface area contributed by atoms with Gasteiger partial charge in [-0.25, -0.2) is 4.39 Å². The maximum atomic E-state index is 13.8. The Morgan fingerprint density at radius 2 is 1.93 bits per heavy atom. The van der Waals surface area contributed by atoms with Gasteiger partial charge >= 0.3 is 0 Å². The molecule has 0 aromatic heterocycles. The zero-order chi connectivity index (χ0) is 21.7. The molecule has 1 atom stereocenters. The molecule has 0 spiro atoms. The SMILES string of the molecule is CC(Oc1ccccc1Cl)C(=O)NCCN1C(=O)S/C(=C\c2ccccc2F)C1=O. The summed E-state index contributed by atoms with van der Waals surface area (Å²) in [6, 6.07) is 12.8. The Labute approximate surface area is 182 Å². The molecule has 1 saturated heterocycles. The quantitative estimate of drug-likeness (QED) is 0.645. The van der Waals surface area contributed by atoms with Gasteiger partial charge in [-0.2, -0.15) is 0 Å². The second-order valence-corrected chi connectivity index (χ2v) is 7.74. The molecular weight excluding hydrogens is 431 g/mol. The first kappa shape index (κ1) is 21.9. The van der Waals surface area contributed by atoms with Gasteiger partial charge in [-0.1, -0.05) is 41.9 Å². The number of nitrogens with one attached hydrogen (secondary N) is 1. The predicted molar refractivity (Wildman–Crippen MR) is 114 cm³/mol. The molecule has 30 heavy (non-hydrogen) atoms. The minimum atomic E-state index is -0.819. The number of carbonyl (C=O) groups excluding carboxylic acids is 3. The Morgan fingerprint density at radius 1 is 1.23 bits per heavy atom. The summed E-state index contributed by atoms with van der Waals surface area (Å²) in [7, 11) is 0. The van der Waals surface area contributed by atoms with Crippen LogP contribution < -0.4 is 10.1 Å². The largest absolute Gasteiger partial charge is 0.479 e. The van der Waals surface area contributed by atoms with E-state index in [1.54, 1.807) is 37.3 Å². The Balaban J connectivity index is 1.54. The summed E-state index contributed by atoms with van der Waals surface area (Å²) in [5, 5.41) is 2.53. The molecular formula is C21H18ClFN2O4S. The molecule has 1 aliphatic heterocycles. The van der Waals surface area contributed by atoms with E-state index in [9.17, 15) is 18.8 Å². The summed E-state index contributed by atoms with van der Waals surface area (Å²) in [4.78, 5) is 38.0. The van der Waals surface area contributed by atoms with Crippen molar-refractivity contribution in [2.75, 3.05) is 13.1 Å². The lowest BCUT2D eigenvalue weighted by Crippen LogP contribution is -2.41. The van der Waals surface area contributed by atoms with Crippen molar-refractivity contribution in [3.8, 4) is 5.75 Å². The first-order valence-corrected chi connectivity index (χ1v) is 10.2. The van der Waals surface area contributed by atoms with Gasteiger partial charge in [0.05, 0.1) is 9.93 Å². The number of para-hydroxylation sites is 1. The lowest BCUT2D eigenvalue weighted by molar-refractivity contribution is -0.128. The average Bonchev–Trinajstić information content (AvgIpc) is 2.98. The molecule has 1 heterocycles. The fraction of sp³-hybridized carbons (Fsp3) is 0.190. The highest BCUT2D eigenvalue weighted by molar-refractivity contribution is 8.18. The van der Waals surface area contributed by atoms with Crippen molar-refractivity contribution in [1.29, 1.82) is 0 Å². The van der Waals surface area contributed by atoms with E-state index in [1.807, 2.05) is 0 Å². The number of hydrogen-bond acceptors (Lipinski definition) is 5. The summed E-state index contributed by atoms with van der Waals surface area (Å²) in [6.07, 6.45) is 0.527. The van der Waals surface area contributed by atoms with Gasteiger partial charge in [-0.15, -0.1) is 0 Å². The van der Waals surface area contributed by atoms with Crippen LogP contribution in [0, 0.1) is 5.82 Å². The van der Waals surface area contributed by atoms with E-state index in [0.29, 0.717) is 10.8 Å². The molecule has 6 nitrogen and oxygen atoms in total. The number of hydrogen-bond donors (Lipinski definition) is 1. The van der Waals surface area contributed by atoms with Crippen molar-refractivity contribution in [3.05, 3.63) is 69.8 Å². The fourth-order valence-corrected chi connectivity index (χ4v) is 3.68. The van der Waals surface area contributed by atoms with Crippen LogP contribution >= 0.6 is 23.4 Å². The van der Waals surface area contributed by atoms with Crippen LogP contribution in [0.25, 0.3) is 6.08 Å². The topological polar surface area (TPSA) is 75.7 Å². The van der Waals surface area contributed by atoms with E-state index in [0.717, 1.165) is 16.7 Å². The van der Waals surface area contributed by atoms with Crippen molar-refractivity contribution >= 4 is 46.5 Å². The minimum Gasteiger partial charge on any atom is -0.479 e. The highest BCUT2D eigenvalue weighted by Crippen LogP contribution is 2.32. The number of amides is 3. The van der Waals surface area contributed by atoms with E-state index in [4.69, 9.17) is 16.3 Å². The van der Waals surface area contributed by atoms with Gasteiger partial charge in [0.15, 0.2) is 6.10 Å². The normalized spacial score (nSPS) is 16.1. The minimum absolute atomic E-state index is 0.0101. The molecule has 0 radical (unpaired) electrons. The van der Waals surface area contributed by atoms with Crippen LogP contribution in [-0.2, 0) is 9.59 Å². The molecule has 0 bridgehead atoms. The lowest BCUT2D eigenvalue weighted by atomic mass is 10.2. The molecule has 3 amide bonds. The van der Waals surface area contributed by atoms with Gasteiger partial charge < -0.3 is 10.1 Å². The molecule has 0 saturated carbocycles. The van der Waals surface area contributed by atoms with Gasteiger partial charge in [0.2, 0.25) is 0 Å². The Hall–Kier alpha value is -2.84. The van der Waals surface area contributed by atoms with Crippen molar-refractivity contribution in [2.24, 2.45) is 0 Å². The number of benzene rings is 2. The van der Waals surface area contributed by atoms with Crippen LogP contribution in [0.15, 0.2) is 53.4 Å². The third-order valence-electron chi connectivity index (χ3n) is 4.21. The van der Waals surface area contributed by atoms with Crippen LogP contribution in [-0.4, -0.2) is 41.1 Å². The second kappa shape index (κ2) is 9.77. The number of nitrogens with zero attached hydrogens (tertiary/aromatic N) is 1. The van der Waals surface area contributed by atoms with Crippen LogP contribution in [0.5, 0.6) is 5.75 Å². The molecule has 2 aromatic carbocycles. The highest BCUT2D eigenvalue weighted by Gasteiger charge is 2.35. The summed E-state index contributed by atoms with van der Waals surface area (Å²) >= 11 is 6.74. The van der Waals surface area contributed by atoms with Crippen molar-refractivity contribution in [3.63, 3.8) is 0 Å². The summed E-state index contributed by atoms with van der Waals surface area (Å²) < 4.78 is 19.3. The van der Waals surface area contributed by atoms with Gasteiger partial charge in [0, 0.05) is 18.7 Å². The third kappa shape index (κ3) is 5.20. The van der Waals surface area contributed by atoms with Crippen LogP contribution in [0.1, 0.15) is 12.5 Å². The summed E-state index contributed by atoms with van der Waals surface area (Å²) in [5.41, 5.74) is 0.224. The van der Waals surface area contributed by atoms with E-state index in [-0.39, 0.29) is 23.6 Å². The number of rotatable bonds is 7. The number of imide groups is 1. The standard InChI is InChI=1S/C21H18ClFN2O4S/c1-13(29-17-9-5-3-7-15(17)22)19(26)24-10-11-25-20(27)18(30-21(25)28)12-14-6-2-4-8-16(14)23/h2-9,12-13H,10-11H2,1H3,(H,24,26)/b18-12-. The van der Waals surface area contributed by atoms with Gasteiger partial charge in [-0.05, 0) is 43.0 Å². The van der Waals surface area contributed by atoms with Gasteiger partial charge in [-0.3, -0.25) is 19.3 Å². The molecule has 3 rings (SSSR count). The zero-order valence-corrected chi connectivity index (χ0v) is 17.5. The molecule has 0 aliphatic carbocycles. The second-order valence-electron chi connectivity index (χ2n) is 6.34. The van der Waals surface area contributed by atoms with Crippen LogP contribution in [0.4, 0.5) is 9.18 Å². The molecule has 1 fully saturated rings.